The summed E-state index contributed by atoms with van der Waals surface area (Å²) in [7, 11) is 1.78. The second kappa shape index (κ2) is 12.0. The lowest BCUT2D eigenvalue weighted by atomic mass is 9.92. The minimum absolute atomic E-state index is 0.0998. The fourth-order valence-electron chi connectivity index (χ4n) is 3.07. The van der Waals surface area contributed by atoms with Crippen LogP contribution >= 0.6 is 0 Å². The molecule has 158 valence electrons. The molecule has 1 aromatic carbocycles. The lowest BCUT2D eigenvalue weighted by molar-refractivity contribution is -0.134. The largest absolute Gasteiger partial charge is 0.356 e. The van der Waals surface area contributed by atoms with Crippen LogP contribution in [0, 0.1) is 5.92 Å². The topological polar surface area (TPSA) is 102 Å². The summed E-state index contributed by atoms with van der Waals surface area (Å²) in [5, 5.41) is 12.1. The van der Waals surface area contributed by atoms with E-state index in [9.17, 15) is 9.59 Å². The van der Waals surface area contributed by atoms with E-state index in [0.29, 0.717) is 25.1 Å². The number of rotatable bonds is 12. The molecule has 0 bridgehead atoms. The molecular formula is C21H29N3O5. The molecule has 2 aromatic rings. The molecule has 3 N–H and O–H groups in total. The van der Waals surface area contributed by atoms with Gasteiger partial charge < -0.3 is 19.4 Å². The van der Waals surface area contributed by atoms with E-state index < -0.39 is 17.9 Å². The average molecular weight is 403 g/mol. The van der Waals surface area contributed by atoms with Gasteiger partial charge in [0.05, 0.1) is 12.6 Å². The maximum Gasteiger partial charge on any atom is 0.268 e. The van der Waals surface area contributed by atoms with Crippen LogP contribution in [0.25, 0.3) is 0 Å². The predicted octanol–water partition coefficient (Wildman–Crippen LogP) is 1.89. The van der Waals surface area contributed by atoms with Gasteiger partial charge in [0.1, 0.15) is 12.5 Å². The number of aromatic nitrogens is 1. The minimum atomic E-state index is -0.545. The Morgan fingerprint density at radius 2 is 1.90 bits per heavy atom. The first-order chi connectivity index (χ1) is 14.0. The van der Waals surface area contributed by atoms with E-state index in [2.05, 4.69) is 5.32 Å². The molecule has 0 radical (unpaired) electrons. The molecule has 8 nitrogen and oxygen atoms in total. The number of hydroxylamine groups is 1. The Morgan fingerprint density at radius 1 is 1.14 bits per heavy atom. The summed E-state index contributed by atoms with van der Waals surface area (Å²) in [4.78, 5) is 24.9. The molecule has 0 aliphatic heterocycles. The number of carbonyl (C=O) groups excluding carboxylic acids is 2. The van der Waals surface area contributed by atoms with E-state index in [1.165, 1.54) is 0 Å². The van der Waals surface area contributed by atoms with Crippen molar-refractivity contribution in [2.45, 2.75) is 25.8 Å². The van der Waals surface area contributed by atoms with Gasteiger partial charge in [-0.1, -0.05) is 30.3 Å². The Kier molecular flexibility index (Phi) is 9.36. The van der Waals surface area contributed by atoms with E-state index >= 15 is 0 Å². The zero-order chi connectivity index (χ0) is 21.1. The van der Waals surface area contributed by atoms with Crippen molar-refractivity contribution in [2.24, 2.45) is 13.0 Å². The number of aryl methyl sites for hydroxylation is 1. The van der Waals surface area contributed by atoms with Gasteiger partial charge in [0, 0.05) is 25.8 Å². The van der Waals surface area contributed by atoms with E-state index in [-0.39, 0.29) is 19.3 Å². The second-order valence-corrected chi connectivity index (χ2v) is 6.75. The Labute approximate surface area is 170 Å². The first kappa shape index (κ1) is 22.6. The molecule has 0 saturated carbocycles. The summed E-state index contributed by atoms with van der Waals surface area (Å²) < 4.78 is 12.4. The maximum absolute atomic E-state index is 12.6. The molecular weight excluding hydrogens is 374 g/mol. The highest BCUT2D eigenvalue weighted by atomic mass is 16.7. The van der Waals surface area contributed by atoms with Crippen LogP contribution in [0.1, 0.15) is 29.4 Å². The number of nitrogens with one attached hydrogen (secondary N) is 2. The zero-order valence-electron chi connectivity index (χ0n) is 16.8. The van der Waals surface area contributed by atoms with Crippen LogP contribution < -0.4 is 10.8 Å². The zero-order valence-corrected chi connectivity index (χ0v) is 16.8. The maximum atomic E-state index is 12.6. The number of carbonyl (C=O) groups is 2. The minimum Gasteiger partial charge on any atom is -0.356 e. The Hall–Kier alpha value is -2.68. The number of hydrogen-bond donors (Lipinski definition) is 3. The van der Waals surface area contributed by atoms with Gasteiger partial charge in [-0.15, -0.1) is 0 Å². The molecule has 2 unspecified atom stereocenters. The standard InChI is InChI=1S/C21H29N3O5/c1-3-28-15-29-14-18(22-21(26)19-10-7-11-24(19)2)13-17(20(25)23-27)12-16-8-5-4-6-9-16/h4-11,17-18,27H,3,12-15H2,1-2H3,(H,22,26)(H,23,25). The van der Waals surface area contributed by atoms with Gasteiger partial charge in [-0.3, -0.25) is 14.8 Å². The summed E-state index contributed by atoms with van der Waals surface area (Å²) in [6, 6.07) is 12.6. The second-order valence-electron chi connectivity index (χ2n) is 6.75. The summed E-state index contributed by atoms with van der Waals surface area (Å²) in [6.45, 7) is 2.66. The molecule has 2 rings (SSSR count). The Morgan fingerprint density at radius 3 is 2.52 bits per heavy atom. The van der Waals surface area contributed by atoms with Gasteiger partial charge >= 0.3 is 0 Å². The predicted molar refractivity (Wildman–Crippen MR) is 107 cm³/mol. The average Bonchev–Trinajstić information content (AvgIpc) is 3.16. The molecule has 0 spiro atoms. The van der Waals surface area contributed by atoms with Crippen LogP contribution in [-0.4, -0.2) is 47.6 Å². The molecule has 0 aliphatic carbocycles. The first-order valence-electron chi connectivity index (χ1n) is 9.60. The van der Waals surface area contributed by atoms with E-state index in [1.807, 2.05) is 37.3 Å². The van der Waals surface area contributed by atoms with Gasteiger partial charge in [0.15, 0.2) is 0 Å². The number of ether oxygens (including phenoxy) is 2. The molecule has 0 fully saturated rings. The van der Waals surface area contributed by atoms with Crippen LogP contribution in [0.2, 0.25) is 0 Å². The molecule has 2 atom stereocenters. The van der Waals surface area contributed by atoms with Gasteiger partial charge in [0.25, 0.3) is 5.91 Å². The van der Waals surface area contributed by atoms with Gasteiger partial charge in [-0.05, 0) is 37.5 Å². The number of amides is 2. The van der Waals surface area contributed by atoms with Crippen LogP contribution in [0.5, 0.6) is 0 Å². The van der Waals surface area contributed by atoms with Crippen molar-refractivity contribution in [1.29, 1.82) is 0 Å². The molecule has 0 saturated heterocycles. The van der Waals surface area contributed by atoms with E-state index in [4.69, 9.17) is 14.7 Å². The third kappa shape index (κ3) is 7.34. The molecule has 29 heavy (non-hydrogen) atoms. The van der Waals surface area contributed by atoms with Crippen LogP contribution in [0.4, 0.5) is 0 Å². The highest BCUT2D eigenvalue weighted by Gasteiger charge is 2.25. The van der Waals surface area contributed by atoms with Crippen LogP contribution in [0.3, 0.4) is 0 Å². The lowest BCUT2D eigenvalue weighted by Gasteiger charge is -2.24. The van der Waals surface area contributed by atoms with Crippen LogP contribution in [0.15, 0.2) is 48.7 Å². The summed E-state index contributed by atoms with van der Waals surface area (Å²) >= 11 is 0. The highest BCUT2D eigenvalue weighted by Crippen LogP contribution is 2.16. The van der Waals surface area contributed by atoms with Crippen molar-refractivity contribution in [1.82, 2.24) is 15.4 Å². The Balaban J connectivity index is 2.09. The summed E-state index contributed by atoms with van der Waals surface area (Å²) in [5.41, 5.74) is 3.20. The molecule has 0 aliphatic rings. The van der Waals surface area contributed by atoms with Crippen molar-refractivity contribution >= 4 is 11.8 Å². The van der Waals surface area contributed by atoms with Gasteiger partial charge in [-0.25, -0.2) is 5.48 Å². The third-order valence-electron chi connectivity index (χ3n) is 4.58. The molecule has 2 amide bonds. The molecule has 8 heteroatoms. The van der Waals surface area contributed by atoms with Gasteiger partial charge in [0.2, 0.25) is 5.91 Å². The fraction of sp³-hybridized carbons (Fsp3) is 0.429. The van der Waals surface area contributed by atoms with E-state index in [0.717, 1.165) is 5.56 Å². The number of benzene rings is 1. The number of hydrogen-bond acceptors (Lipinski definition) is 5. The summed E-state index contributed by atoms with van der Waals surface area (Å²) in [5.74, 6) is -1.31. The van der Waals surface area contributed by atoms with E-state index in [1.54, 1.807) is 35.4 Å². The van der Waals surface area contributed by atoms with Crippen molar-refractivity contribution in [3.63, 3.8) is 0 Å². The van der Waals surface area contributed by atoms with Crippen molar-refractivity contribution in [3.8, 4) is 0 Å². The normalized spacial score (nSPS) is 12.9. The third-order valence-corrected chi connectivity index (χ3v) is 4.58. The monoisotopic (exact) mass is 403 g/mol. The molecule has 1 heterocycles. The van der Waals surface area contributed by atoms with Crippen molar-refractivity contribution in [3.05, 3.63) is 59.9 Å². The highest BCUT2D eigenvalue weighted by molar-refractivity contribution is 5.93. The summed E-state index contributed by atoms with van der Waals surface area (Å²) in [6.07, 6.45) is 2.51. The van der Waals surface area contributed by atoms with Crippen LogP contribution in [-0.2, 0) is 27.7 Å². The smallest absolute Gasteiger partial charge is 0.268 e. The van der Waals surface area contributed by atoms with Crippen molar-refractivity contribution in [2.75, 3.05) is 20.0 Å². The van der Waals surface area contributed by atoms with Crippen molar-refractivity contribution < 1.29 is 24.3 Å². The quantitative estimate of drug-likeness (QED) is 0.217. The SMILES string of the molecule is CCOCOCC(CC(Cc1ccccc1)C(=O)NO)NC(=O)c1cccn1C. The first-order valence-corrected chi connectivity index (χ1v) is 9.60. The fourth-order valence-corrected chi connectivity index (χ4v) is 3.07. The number of nitrogens with zero attached hydrogens (tertiary/aromatic N) is 1. The lowest BCUT2D eigenvalue weighted by Crippen LogP contribution is -2.43. The Bertz CT molecular complexity index is 763. The molecule has 1 aromatic heterocycles. The van der Waals surface area contributed by atoms with Gasteiger partial charge in [-0.2, -0.15) is 0 Å².